The molecular weight excluding hydrogens is 406 g/mol. The quantitative estimate of drug-likeness (QED) is 0.446. The molecule has 2 aliphatic rings. The monoisotopic (exact) mass is 441 g/mol. The molecule has 0 radical (unpaired) electrons. The molecule has 4 heteroatoms. The van der Waals surface area contributed by atoms with E-state index in [2.05, 4.69) is 71.3 Å². The molecule has 2 heterocycles. The minimum absolute atomic E-state index is 0.168. The summed E-state index contributed by atoms with van der Waals surface area (Å²) in [6, 6.07) is 21.5. The van der Waals surface area contributed by atoms with Gasteiger partial charge < -0.3 is 14.7 Å². The molecule has 0 atom stereocenters. The summed E-state index contributed by atoms with van der Waals surface area (Å²) in [6.45, 7) is 8.51. The molecule has 1 saturated heterocycles. The van der Waals surface area contributed by atoms with E-state index in [0.717, 1.165) is 75.2 Å². The Morgan fingerprint density at radius 3 is 2.48 bits per heavy atom. The average Bonchev–Trinajstić information content (AvgIpc) is 2.99. The fraction of sp³-hybridized carbons (Fsp3) is 0.414. The summed E-state index contributed by atoms with van der Waals surface area (Å²) in [5, 5.41) is 2.38. The van der Waals surface area contributed by atoms with Crippen molar-refractivity contribution in [3.05, 3.63) is 71.8 Å². The van der Waals surface area contributed by atoms with Gasteiger partial charge in [0, 0.05) is 48.2 Å². The van der Waals surface area contributed by atoms with Crippen molar-refractivity contribution in [3.63, 3.8) is 0 Å². The van der Waals surface area contributed by atoms with Gasteiger partial charge in [-0.1, -0.05) is 55.8 Å². The number of nitrogens with zero attached hydrogens (tertiary/aromatic N) is 3. The number of aryl methyl sites for hydroxylation is 1. The zero-order chi connectivity index (χ0) is 22.6. The van der Waals surface area contributed by atoms with Gasteiger partial charge in [-0.25, -0.2) is 0 Å². The van der Waals surface area contributed by atoms with Crippen LogP contribution in [0.25, 0.3) is 10.8 Å². The van der Waals surface area contributed by atoms with Gasteiger partial charge in [0.2, 0.25) is 0 Å². The number of hydrogen-bond acceptors (Lipinski definition) is 3. The number of carbonyl (C=O) groups excluding carboxylic acids is 1. The highest BCUT2D eigenvalue weighted by Gasteiger charge is 2.30. The second kappa shape index (κ2) is 9.96. The average molecular weight is 442 g/mol. The molecule has 0 spiro atoms. The molecular formula is C29H35N3O. The van der Waals surface area contributed by atoms with E-state index in [1.165, 1.54) is 29.5 Å². The zero-order valence-corrected chi connectivity index (χ0v) is 19.8. The number of benzene rings is 3. The standard InChI is InChI=1S/C29H35N3O/c1-2-3-20-32-27-16-15-26(24-13-7-14-25(28(24)27)29(32)33)31-19-9-18-30(21-22-31)17-8-12-23-10-5-4-6-11-23/h4-7,10-11,13-16H,2-3,8-9,12,17-22H2,1H3. The minimum atomic E-state index is 0.168. The lowest BCUT2D eigenvalue weighted by Gasteiger charge is -2.26. The zero-order valence-electron chi connectivity index (χ0n) is 19.8. The lowest BCUT2D eigenvalue weighted by atomic mass is 10.0. The van der Waals surface area contributed by atoms with Gasteiger partial charge in [0.15, 0.2) is 0 Å². The van der Waals surface area contributed by atoms with Gasteiger partial charge in [0.05, 0.1) is 5.69 Å². The van der Waals surface area contributed by atoms with Crippen LogP contribution in [0.2, 0.25) is 0 Å². The molecule has 33 heavy (non-hydrogen) atoms. The lowest BCUT2D eigenvalue weighted by molar-refractivity contribution is 0.0993. The Morgan fingerprint density at radius 2 is 1.64 bits per heavy atom. The Hall–Kier alpha value is -2.85. The number of hydrogen-bond donors (Lipinski definition) is 0. The minimum Gasteiger partial charge on any atom is -0.370 e. The third kappa shape index (κ3) is 4.49. The molecule has 0 unspecified atom stereocenters. The Kier molecular flexibility index (Phi) is 6.63. The van der Waals surface area contributed by atoms with Crippen LogP contribution in [0, 0.1) is 0 Å². The summed E-state index contributed by atoms with van der Waals surface area (Å²) >= 11 is 0. The van der Waals surface area contributed by atoms with E-state index in [1.54, 1.807) is 0 Å². The van der Waals surface area contributed by atoms with E-state index in [4.69, 9.17) is 0 Å². The normalized spacial score (nSPS) is 16.6. The molecule has 172 valence electrons. The molecule has 0 saturated carbocycles. The predicted octanol–water partition coefficient (Wildman–Crippen LogP) is 5.75. The highest BCUT2D eigenvalue weighted by molar-refractivity contribution is 6.26. The number of carbonyl (C=O) groups is 1. The molecule has 3 aromatic carbocycles. The highest BCUT2D eigenvalue weighted by Crippen LogP contribution is 2.42. The summed E-state index contributed by atoms with van der Waals surface area (Å²) in [5.41, 5.74) is 4.69. The second-order valence-electron chi connectivity index (χ2n) is 9.41. The van der Waals surface area contributed by atoms with Gasteiger partial charge in [-0.05, 0) is 62.5 Å². The second-order valence-corrected chi connectivity index (χ2v) is 9.41. The third-order valence-electron chi connectivity index (χ3n) is 7.21. The largest absolute Gasteiger partial charge is 0.370 e. The Bertz CT molecular complexity index is 1110. The van der Waals surface area contributed by atoms with E-state index >= 15 is 0 Å². The smallest absolute Gasteiger partial charge is 0.258 e. The van der Waals surface area contributed by atoms with Crippen molar-refractivity contribution in [3.8, 4) is 0 Å². The van der Waals surface area contributed by atoms with E-state index in [0.29, 0.717) is 0 Å². The number of anilines is 2. The van der Waals surface area contributed by atoms with E-state index in [9.17, 15) is 4.79 Å². The van der Waals surface area contributed by atoms with Crippen LogP contribution in [0.1, 0.15) is 48.5 Å². The number of unbranched alkanes of at least 4 members (excludes halogenated alkanes) is 1. The first-order valence-electron chi connectivity index (χ1n) is 12.6. The van der Waals surface area contributed by atoms with Gasteiger partial charge in [-0.2, -0.15) is 0 Å². The molecule has 4 nitrogen and oxygen atoms in total. The van der Waals surface area contributed by atoms with Crippen molar-refractivity contribution in [2.45, 2.75) is 39.0 Å². The molecule has 0 aromatic heterocycles. The van der Waals surface area contributed by atoms with Crippen LogP contribution in [0.15, 0.2) is 60.7 Å². The van der Waals surface area contributed by atoms with Crippen molar-refractivity contribution in [2.75, 3.05) is 49.1 Å². The summed E-state index contributed by atoms with van der Waals surface area (Å²) in [4.78, 5) is 20.2. The predicted molar refractivity (Wildman–Crippen MR) is 139 cm³/mol. The van der Waals surface area contributed by atoms with Crippen LogP contribution in [0.5, 0.6) is 0 Å². The molecule has 3 aromatic rings. The maximum atomic E-state index is 13.1. The van der Waals surface area contributed by atoms with Crippen molar-refractivity contribution < 1.29 is 4.79 Å². The third-order valence-corrected chi connectivity index (χ3v) is 7.21. The highest BCUT2D eigenvalue weighted by atomic mass is 16.2. The van der Waals surface area contributed by atoms with Crippen molar-refractivity contribution in [1.29, 1.82) is 0 Å². The Morgan fingerprint density at radius 1 is 0.788 bits per heavy atom. The molecule has 0 bridgehead atoms. The van der Waals surface area contributed by atoms with Crippen molar-refractivity contribution >= 4 is 28.1 Å². The van der Waals surface area contributed by atoms with Gasteiger partial charge in [0.25, 0.3) is 5.91 Å². The molecule has 0 N–H and O–H groups in total. The fourth-order valence-electron chi connectivity index (χ4n) is 5.43. The van der Waals surface area contributed by atoms with Crippen LogP contribution in [-0.2, 0) is 6.42 Å². The first-order chi connectivity index (χ1) is 16.3. The van der Waals surface area contributed by atoms with Crippen molar-refractivity contribution in [1.82, 2.24) is 4.90 Å². The van der Waals surface area contributed by atoms with Gasteiger partial charge >= 0.3 is 0 Å². The maximum absolute atomic E-state index is 13.1. The summed E-state index contributed by atoms with van der Waals surface area (Å²) in [7, 11) is 0. The lowest BCUT2D eigenvalue weighted by Crippen LogP contribution is -2.31. The summed E-state index contributed by atoms with van der Waals surface area (Å²) < 4.78 is 0. The Balaban J connectivity index is 1.29. The first kappa shape index (κ1) is 22.0. The van der Waals surface area contributed by atoms with Crippen LogP contribution in [0.4, 0.5) is 11.4 Å². The van der Waals surface area contributed by atoms with E-state index in [1.807, 2.05) is 11.0 Å². The van der Waals surface area contributed by atoms with Crippen LogP contribution in [-0.4, -0.2) is 50.1 Å². The summed E-state index contributed by atoms with van der Waals surface area (Å²) in [5.74, 6) is 0.168. The van der Waals surface area contributed by atoms with Crippen molar-refractivity contribution in [2.24, 2.45) is 0 Å². The van der Waals surface area contributed by atoms with Crippen LogP contribution < -0.4 is 9.80 Å². The Labute approximate surface area is 197 Å². The first-order valence-corrected chi connectivity index (χ1v) is 12.6. The molecule has 1 fully saturated rings. The molecule has 1 amide bonds. The topological polar surface area (TPSA) is 26.8 Å². The van der Waals surface area contributed by atoms with Gasteiger partial charge in [-0.15, -0.1) is 0 Å². The SMILES string of the molecule is CCCCN1C(=O)c2cccc3c(N4CCCN(CCCc5ccccc5)CC4)ccc1c23. The molecule has 2 aliphatic heterocycles. The number of amides is 1. The summed E-state index contributed by atoms with van der Waals surface area (Å²) in [6.07, 6.45) is 5.67. The maximum Gasteiger partial charge on any atom is 0.258 e. The van der Waals surface area contributed by atoms with Crippen LogP contribution in [0.3, 0.4) is 0 Å². The van der Waals surface area contributed by atoms with Crippen LogP contribution >= 0.6 is 0 Å². The molecule has 0 aliphatic carbocycles. The van der Waals surface area contributed by atoms with Gasteiger partial charge in [-0.3, -0.25) is 4.79 Å². The van der Waals surface area contributed by atoms with E-state index in [-0.39, 0.29) is 5.91 Å². The fourth-order valence-corrected chi connectivity index (χ4v) is 5.43. The van der Waals surface area contributed by atoms with E-state index < -0.39 is 0 Å². The van der Waals surface area contributed by atoms with Gasteiger partial charge in [0.1, 0.15) is 0 Å². The molecule has 5 rings (SSSR count). The number of rotatable bonds is 8.